The molecule has 0 unspecified atom stereocenters. The Bertz CT molecular complexity index is 455. The molecule has 0 spiro atoms. The summed E-state index contributed by atoms with van der Waals surface area (Å²) < 4.78 is 1.58. The van der Waals surface area contributed by atoms with Crippen LogP contribution in [0.25, 0.3) is 6.08 Å². The van der Waals surface area contributed by atoms with Crippen LogP contribution in [-0.2, 0) is 11.8 Å². The molecule has 0 aliphatic carbocycles. The van der Waals surface area contributed by atoms with E-state index in [0.29, 0.717) is 5.15 Å². The normalized spacial score (nSPS) is 12.1. The minimum atomic E-state index is -0.241. The fraction of sp³-hybridized carbons (Fsp3) is 0.500. The summed E-state index contributed by atoms with van der Waals surface area (Å²) in [6.07, 6.45) is 3.16. The highest BCUT2D eigenvalue weighted by Gasteiger charge is 2.12. The molecule has 1 amide bonds. The average molecular weight is 256 g/mol. The molecule has 0 aromatic carbocycles. The number of carbonyl (C=O) groups is 1. The van der Waals surface area contributed by atoms with Crippen molar-refractivity contribution >= 4 is 23.6 Å². The van der Waals surface area contributed by atoms with Crippen molar-refractivity contribution in [2.75, 3.05) is 0 Å². The van der Waals surface area contributed by atoms with Gasteiger partial charge in [-0.15, -0.1) is 0 Å². The highest BCUT2D eigenvalue weighted by molar-refractivity contribution is 6.31. The fourth-order valence-corrected chi connectivity index (χ4v) is 1.64. The van der Waals surface area contributed by atoms with Crippen molar-refractivity contribution in [2.24, 2.45) is 7.05 Å². The van der Waals surface area contributed by atoms with Crippen LogP contribution < -0.4 is 5.32 Å². The molecule has 0 bridgehead atoms. The highest BCUT2D eigenvalue weighted by atomic mass is 35.5. The summed E-state index contributed by atoms with van der Waals surface area (Å²) in [5.74, 6) is -0.142. The Kier molecular flexibility index (Phi) is 3.98. The number of hydrogen-bond acceptors (Lipinski definition) is 2. The van der Waals surface area contributed by atoms with Gasteiger partial charge in [0, 0.05) is 24.2 Å². The summed E-state index contributed by atoms with van der Waals surface area (Å²) >= 11 is 6.05. The minimum Gasteiger partial charge on any atom is -0.348 e. The van der Waals surface area contributed by atoms with Gasteiger partial charge in [0.1, 0.15) is 5.15 Å². The van der Waals surface area contributed by atoms with Crippen molar-refractivity contribution in [1.82, 2.24) is 15.1 Å². The van der Waals surface area contributed by atoms with Crippen molar-refractivity contribution in [1.29, 1.82) is 0 Å². The zero-order valence-corrected chi connectivity index (χ0v) is 11.6. The lowest BCUT2D eigenvalue weighted by molar-refractivity contribution is -0.117. The quantitative estimate of drug-likeness (QED) is 0.825. The van der Waals surface area contributed by atoms with Crippen molar-refractivity contribution in [3.05, 3.63) is 22.5 Å². The van der Waals surface area contributed by atoms with Crippen LogP contribution in [0, 0.1) is 6.92 Å². The molecule has 0 saturated carbocycles. The molecule has 1 heterocycles. The highest BCUT2D eigenvalue weighted by Crippen LogP contribution is 2.19. The Balaban J connectivity index is 2.81. The van der Waals surface area contributed by atoms with Gasteiger partial charge in [-0.25, -0.2) is 0 Å². The van der Waals surface area contributed by atoms with Crippen LogP contribution in [-0.4, -0.2) is 21.2 Å². The van der Waals surface area contributed by atoms with E-state index in [4.69, 9.17) is 11.6 Å². The number of hydrogen-bond donors (Lipinski definition) is 1. The molecule has 1 aromatic rings. The number of amides is 1. The summed E-state index contributed by atoms with van der Waals surface area (Å²) in [5.41, 5.74) is 1.34. The molecule has 0 aliphatic heterocycles. The molecule has 0 fully saturated rings. The van der Waals surface area contributed by atoms with Crippen molar-refractivity contribution < 1.29 is 4.79 Å². The molecular weight excluding hydrogens is 238 g/mol. The molecular formula is C12H18ClN3O. The van der Waals surface area contributed by atoms with Crippen LogP contribution in [0.4, 0.5) is 0 Å². The Labute approximate surface area is 107 Å². The Morgan fingerprint density at radius 1 is 1.47 bits per heavy atom. The first-order chi connectivity index (χ1) is 7.70. The molecule has 1 rings (SSSR count). The number of nitrogens with one attached hydrogen (secondary N) is 1. The van der Waals surface area contributed by atoms with Gasteiger partial charge in [-0.3, -0.25) is 9.48 Å². The molecule has 17 heavy (non-hydrogen) atoms. The smallest absolute Gasteiger partial charge is 0.244 e. The Hall–Kier alpha value is -1.29. The molecule has 1 aromatic heterocycles. The summed E-state index contributed by atoms with van der Waals surface area (Å²) in [6.45, 7) is 7.65. The number of aromatic nitrogens is 2. The number of aryl methyl sites for hydroxylation is 2. The first-order valence-electron chi connectivity index (χ1n) is 5.40. The monoisotopic (exact) mass is 255 g/mol. The van der Waals surface area contributed by atoms with Gasteiger partial charge in [0.25, 0.3) is 0 Å². The molecule has 0 saturated heterocycles. The second-order valence-corrected chi connectivity index (χ2v) is 5.34. The second-order valence-electron chi connectivity index (χ2n) is 4.99. The van der Waals surface area contributed by atoms with E-state index in [-0.39, 0.29) is 11.4 Å². The summed E-state index contributed by atoms with van der Waals surface area (Å²) in [4.78, 5) is 11.6. The van der Waals surface area contributed by atoms with E-state index in [2.05, 4.69) is 10.4 Å². The van der Waals surface area contributed by atoms with E-state index in [9.17, 15) is 4.79 Å². The average Bonchev–Trinajstić information content (AvgIpc) is 2.36. The van der Waals surface area contributed by atoms with Gasteiger partial charge < -0.3 is 5.32 Å². The van der Waals surface area contributed by atoms with E-state index in [1.54, 1.807) is 17.8 Å². The molecule has 5 heteroatoms. The minimum absolute atomic E-state index is 0.142. The first kappa shape index (κ1) is 13.8. The SMILES string of the molecule is Cc1nn(C)c(Cl)c1/C=C/C(=O)NC(C)(C)C. The zero-order valence-electron chi connectivity index (χ0n) is 10.8. The van der Waals surface area contributed by atoms with E-state index in [1.165, 1.54) is 6.08 Å². The van der Waals surface area contributed by atoms with Gasteiger partial charge in [0.05, 0.1) is 5.69 Å². The van der Waals surface area contributed by atoms with Crippen LogP contribution >= 0.6 is 11.6 Å². The standard InChI is InChI=1S/C12H18ClN3O/c1-8-9(11(13)16(5)15-8)6-7-10(17)14-12(2,3)4/h6-7H,1-5H3,(H,14,17)/b7-6+. The first-order valence-corrected chi connectivity index (χ1v) is 5.78. The lowest BCUT2D eigenvalue weighted by atomic mass is 10.1. The van der Waals surface area contributed by atoms with Crippen LogP contribution in [0.2, 0.25) is 5.15 Å². The van der Waals surface area contributed by atoms with Crippen LogP contribution in [0.5, 0.6) is 0 Å². The largest absolute Gasteiger partial charge is 0.348 e. The van der Waals surface area contributed by atoms with Gasteiger partial charge in [-0.05, 0) is 33.8 Å². The fourth-order valence-electron chi connectivity index (χ4n) is 1.41. The van der Waals surface area contributed by atoms with Crippen molar-refractivity contribution in [3.8, 4) is 0 Å². The molecule has 0 atom stereocenters. The van der Waals surface area contributed by atoms with Crippen LogP contribution in [0.3, 0.4) is 0 Å². The van der Waals surface area contributed by atoms with Gasteiger partial charge in [-0.1, -0.05) is 11.6 Å². The number of carbonyl (C=O) groups excluding carboxylic acids is 1. The van der Waals surface area contributed by atoms with Gasteiger partial charge in [-0.2, -0.15) is 5.10 Å². The Morgan fingerprint density at radius 3 is 2.47 bits per heavy atom. The van der Waals surface area contributed by atoms with Gasteiger partial charge >= 0.3 is 0 Å². The summed E-state index contributed by atoms with van der Waals surface area (Å²) in [7, 11) is 1.77. The third kappa shape index (κ3) is 3.89. The lowest BCUT2D eigenvalue weighted by Gasteiger charge is -2.18. The van der Waals surface area contributed by atoms with Crippen LogP contribution in [0.15, 0.2) is 6.08 Å². The van der Waals surface area contributed by atoms with Gasteiger partial charge in [0.2, 0.25) is 5.91 Å². The third-order valence-corrected chi connectivity index (χ3v) is 2.54. The molecule has 0 radical (unpaired) electrons. The molecule has 1 N–H and O–H groups in total. The van der Waals surface area contributed by atoms with Crippen molar-refractivity contribution in [3.63, 3.8) is 0 Å². The predicted octanol–water partition coefficient (Wildman–Crippen LogP) is 2.31. The number of nitrogens with zero attached hydrogens (tertiary/aromatic N) is 2. The summed E-state index contributed by atoms with van der Waals surface area (Å²) in [6, 6.07) is 0. The summed E-state index contributed by atoms with van der Waals surface area (Å²) in [5, 5.41) is 7.53. The molecule has 94 valence electrons. The lowest BCUT2D eigenvalue weighted by Crippen LogP contribution is -2.39. The van der Waals surface area contributed by atoms with E-state index in [0.717, 1.165) is 11.3 Å². The van der Waals surface area contributed by atoms with Crippen molar-refractivity contribution in [2.45, 2.75) is 33.2 Å². The molecule has 4 nitrogen and oxygen atoms in total. The number of rotatable bonds is 2. The van der Waals surface area contributed by atoms with Gasteiger partial charge in [0.15, 0.2) is 0 Å². The third-order valence-electron chi connectivity index (χ3n) is 2.10. The maximum Gasteiger partial charge on any atom is 0.244 e. The maximum absolute atomic E-state index is 11.6. The van der Waals surface area contributed by atoms with E-state index < -0.39 is 0 Å². The second kappa shape index (κ2) is 4.92. The topological polar surface area (TPSA) is 46.9 Å². The molecule has 0 aliphatic rings. The number of halogens is 1. The van der Waals surface area contributed by atoms with E-state index >= 15 is 0 Å². The maximum atomic E-state index is 11.6. The van der Waals surface area contributed by atoms with E-state index in [1.807, 2.05) is 27.7 Å². The predicted molar refractivity (Wildman–Crippen MR) is 69.9 cm³/mol. The van der Waals surface area contributed by atoms with Crippen LogP contribution in [0.1, 0.15) is 32.0 Å². The Morgan fingerprint density at radius 2 is 2.06 bits per heavy atom. The zero-order chi connectivity index (χ0) is 13.2.